The molecule has 0 saturated carbocycles. The number of aryl methyl sites for hydroxylation is 2. The zero-order chi connectivity index (χ0) is 14.2. The normalized spacial score (nSPS) is 10.2. The van der Waals surface area contributed by atoms with Gasteiger partial charge in [0.1, 0.15) is 17.5 Å². The summed E-state index contributed by atoms with van der Waals surface area (Å²) in [6.07, 6.45) is 0. The molecule has 0 aliphatic carbocycles. The molecule has 0 amide bonds. The van der Waals surface area contributed by atoms with E-state index in [-0.39, 0.29) is 5.69 Å². The van der Waals surface area contributed by atoms with Gasteiger partial charge in [0.05, 0.1) is 16.2 Å². The zero-order valence-electron chi connectivity index (χ0n) is 10.8. The van der Waals surface area contributed by atoms with Crippen LogP contribution < -0.4 is 0 Å². The van der Waals surface area contributed by atoms with Gasteiger partial charge in [-0.05, 0) is 38.5 Å². The molecule has 96 valence electrons. The molecule has 2 aromatic rings. The maximum atomic E-state index is 11.0. The van der Waals surface area contributed by atoms with E-state index < -0.39 is 4.92 Å². The summed E-state index contributed by atoms with van der Waals surface area (Å²) in [5.74, 6) is 0. The van der Waals surface area contributed by atoms with Crippen molar-refractivity contribution in [1.29, 1.82) is 5.26 Å². The van der Waals surface area contributed by atoms with Gasteiger partial charge >= 0.3 is 5.69 Å². The lowest BCUT2D eigenvalue weighted by Crippen LogP contribution is -2.03. The van der Waals surface area contributed by atoms with Crippen LogP contribution in [-0.4, -0.2) is 14.7 Å². The Morgan fingerprint density at radius 1 is 1.37 bits per heavy atom. The predicted molar refractivity (Wildman–Crippen MR) is 69.1 cm³/mol. The molecular formula is C13H12N4O2. The molecule has 6 nitrogen and oxygen atoms in total. The third kappa shape index (κ3) is 2.06. The van der Waals surface area contributed by atoms with Crippen molar-refractivity contribution in [1.82, 2.24) is 9.78 Å². The fourth-order valence-corrected chi connectivity index (χ4v) is 2.04. The first-order valence-corrected chi connectivity index (χ1v) is 5.67. The SMILES string of the molecule is Cc1ccc(C#N)c(-n2nc(C)c([N+](=O)[O-])c2C)c1. The van der Waals surface area contributed by atoms with Gasteiger partial charge in [0.2, 0.25) is 0 Å². The van der Waals surface area contributed by atoms with Crippen LogP contribution in [0.4, 0.5) is 5.69 Å². The summed E-state index contributed by atoms with van der Waals surface area (Å²) in [4.78, 5) is 10.5. The number of nitrogens with zero attached hydrogens (tertiary/aromatic N) is 4. The summed E-state index contributed by atoms with van der Waals surface area (Å²) in [7, 11) is 0. The highest BCUT2D eigenvalue weighted by atomic mass is 16.6. The van der Waals surface area contributed by atoms with Crippen LogP contribution in [0.25, 0.3) is 5.69 Å². The van der Waals surface area contributed by atoms with Gasteiger partial charge in [0.15, 0.2) is 0 Å². The van der Waals surface area contributed by atoms with Crippen molar-refractivity contribution in [3.63, 3.8) is 0 Å². The third-order valence-electron chi connectivity index (χ3n) is 2.94. The monoisotopic (exact) mass is 256 g/mol. The molecule has 0 aliphatic rings. The first kappa shape index (κ1) is 12.8. The maximum Gasteiger partial charge on any atom is 0.313 e. The van der Waals surface area contributed by atoms with E-state index in [1.807, 2.05) is 13.0 Å². The number of hydrogen-bond donors (Lipinski definition) is 0. The first-order chi connectivity index (χ1) is 8.95. The molecule has 0 atom stereocenters. The molecule has 2 rings (SSSR count). The van der Waals surface area contributed by atoms with Gasteiger partial charge in [-0.15, -0.1) is 0 Å². The zero-order valence-corrected chi connectivity index (χ0v) is 10.8. The molecule has 0 bridgehead atoms. The molecular weight excluding hydrogens is 244 g/mol. The number of nitro groups is 1. The van der Waals surface area contributed by atoms with E-state index in [0.29, 0.717) is 22.6 Å². The molecule has 0 N–H and O–H groups in total. The van der Waals surface area contributed by atoms with Crippen LogP contribution in [0.15, 0.2) is 18.2 Å². The summed E-state index contributed by atoms with van der Waals surface area (Å²) in [5, 5.41) is 24.3. The van der Waals surface area contributed by atoms with E-state index in [1.54, 1.807) is 26.0 Å². The van der Waals surface area contributed by atoms with Gasteiger partial charge in [-0.3, -0.25) is 10.1 Å². The number of nitriles is 1. The van der Waals surface area contributed by atoms with Gasteiger partial charge in [-0.1, -0.05) is 6.07 Å². The van der Waals surface area contributed by atoms with Crippen molar-refractivity contribution in [2.45, 2.75) is 20.8 Å². The Hall–Kier alpha value is -2.68. The van der Waals surface area contributed by atoms with Crippen molar-refractivity contribution in [2.24, 2.45) is 0 Å². The molecule has 6 heteroatoms. The van der Waals surface area contributed by atoms with Crippen molar-refractivity contribution in [2.75, 3.05) is 0 Å². The van der Waals surface area contributed by atoms with Crippen molar-refractivity contribution < 1.29 is 4.92 Å². The highest BCUT2D eigenvalue weighted by Crippen LogP contribution is 2.26. The van der Waals surface area contributed by atoms with Crippen molar-refractivity contribution in [3.8, 4) is 11.8 Å². The van der Waals surface area contributed by atoms with Crippen LogP contribution in [0.3, 0.4) is 0 Å². The average Bonchev–Trinajstić information content (AvgIpc) is 2.64. The smallest absolute Gasteiger partial charge is 0.258 e. The minimum absolute atomic E-state index is 0.00889. The highest BCUT2D eigenvalue weighted by Gasteiger charge is 2.23. The Labute approximate surface area is 110 Å². The van der Waals surface area contributed by atoms with E-state index in [1.165, 1.54) is 4.68 Å². The number of hydrogen-bond acceptors (Lipinski definition) is 4. The fraction of sp³-hybridized carbons (Fsp3) is 0.231. The first-order valence-electron chi connectivity index (χ1n) is 5.67. The maximum absolute atomic E-state index is 11.0. The van der Waals surface area contributed by atoms with Crippen LogP contribution in [0.1, 0.15) is 22.5 Å². The summed E-state index contributed by atoms with van der Waals surface area (Å²) in [5.41, 5.74) is 2.72. The number of aromatic nitrogens is 2. The van der Waals surface area contributed by atoms with Crippen LogP contribution >= 0.6 is 0 Å². The van der Waals surface area contributed by atoms with E-state index in [4.69, 9.17) is 5.26 Å². The van der Waals surface area contributed by atoms with Gasteiger partial charge in [0, 0.05) is 0 Å². The quantitative estimate of drug-likeness (QED) is 0.610. The molecule has 0 fully saturated rings. The Morgan fingerprint density at radius 3 is 2.58 bits per heavy atom. The van der Waals surface area contributed by atoms with Crippen LogP contribution in [0, 0.1) is 42.2 Å². The Morgan fingerprint density at radius 2 is 2.05 bits per heavy atom. The fourth-order valence-electron chi connectivity index (χ4n) is 2.04. The Balaban J connectivity index is 2.74. The lowest BCUT2D eigenvalue weighted by molar-refractivity contribution is -0.386. The van der Waals surface area contributed by atoms with Gasteiger partial charge < -0.3 is 0 Å². The van der Waals surface area contributed by atoms with Gasteiger partial charge in [-0.2, -0.15) is 10.4 Å². The summed E-state index contributed by atoms with van der Waals surface area (Å²) in [6, 6.07) is 7.38. The molecule has 0 unspecified atom stereocenters. The topological polar surface area (TPSA) is 84.8 Å². The minimum Gasteiger partial charge on any atom is -0.258 e. The van der Waals surface area contributed by atoms with Gasteiger partial charge in [-0.25, -0.2) is 4.68 Å². The molecule has 1 aromatic carbocycles. The van der Waals surface area contributed by atoms with E-state index >= 15 is 0 Å². The average molecular weight is 256 g/mol. The molecule has 1 heterocycles. The number of rotatable bonds is 2. The molecule has 0 spiro atoms. The summed E-state index contributed by atoms with van der Waals surface area (Å²) in [6.45, 7) is 5.11. The standard InChI is InChI=1S/C13H12N4O2/c1-8-4-5-11(7-14)12(6-8)16-10(3)13(17(18)19)9(2)15-16/h4-6H,1-3H3. The van der Waals surface area contributed by atoms with E-state index in [2.05, 4.69) is 11.2 Å². The molecule has 0 radical (unpaired) electrons. The summed E-state index contributed by atoms with van der Waals surface area (Å²) >= 11 is 0. The van der Waals surface area contributed by atoms with Crippen LogP contribution in [0.2, 0.25) is 0 Å². The second-order valence-corrected chi connectivity index (χ2v) is 4.32. The predicted octanol–water partition coefficient (Wildman–Crippen LogP) is 2.58. The van der Waals surface area contributed by atoms with Crippen molar-refractivity contribution in [3.05, 3.63) is 50.8 Å². The molecule has 19 heavy (non-hydrogen) atoms. The third-order valence-corrected chi connectivity index (χ3v) is 2.94. The van der Waals surface area contributed by atoms with E-state index in [9.17, 15) is 10.1 Å². The Bertz CT molecular complexity index is 710. The second-order valence-electron chi connectivity index (χ2n) is 4.32. The molecule has 0 aliphatic heterocycles. The van der Waals surface area contributed by atoms with Gasteiger partial charge in [0.25, 0.3) is 0 Å². The second kappa shape index (κ2) is 4.53. The van der Waals surface area contributed by atoms with Crippen LogP contribution in [-0.2, 0) is 0 Å². The van der Waals surface area contributed by atoms with Crippen molar-refractivity contribution >= 4 is 5.69 Å². The minimum atomic E-state index is -0.448. The number of benzene rings is 1. The highest BCUT2D eigenvalue weighted by molar-refractivity contribution is 5.53. The lowest BCUT2D eigenvalue weighted by Gasteiger charge is -2.06. The summed E-state index contributed by atoms with van der Waals surface area (Å²) < 4.78 is 1.46. The Kier molecular flexibility index (Phi) is 3.05. The molecule has 1 aromatic heterocycles. The van der Waals surface area contributed by atoms with Crippen LogP contribution in [0.5, 0.6) is 0 Å². The lowest BCUT2D eigenvalue weighted by atomic mass is 10.1. The van der Waals surface area contributed by atoms with E-state index in [0.717, 1.165) is 5.56 Å². The molecule has 0 saturated heterocycles. The largest absolute Gasteiger partial charge is 0.313 e.